The molecule has 4 N–H and O–H groups in total. The van der Waals surface area contributed by atoms with Crippen LogP contribution in [0.3, 0.4) is 0 Å². The summed E-state index contributed by atoms with van der Waals surface area (Å²) in [4.78, 5) is 104. The maximum atomic E-state index is 14.5. The van der Waals surface area contributed by atoms with E-state index in [1.165, 1.54) is 14.7 Å². The van der Waals surface area contributed by atoms with Crippen LogP contribution < -0.4 is 21.3 Å². The molecule has 5 rings (SSSR count). The Morgan fingerprint density at radius 1 is 0.582 bits per heavy atom. The number of carbonyl (C=O) groups is 7. The highest BCUT2D eigenvalue weighted by atomic mass is 16.2. The van der Waals surface area contributed by atoms with Gasteiger partial charge in [0.1, 0.15) is 42.3 Å². The largest absolute Gasteiger partial charge is 0.342 e. The molecule has 1 aromatic carbocycles. The summed E-state index contributed by atoms with van der Waals surface area (Å²) in [5.74, 6) is -3.75. The topological polar surface area (TPSA) is 177 Å². The molecule has 8 atom stereocenters. The van der Waals surface area contributed by atoms with Crippen molar-refractivity contribution in [1.82, 2.24) is 36.0 Å². The number of fused-ring (bicyclic) bond motifs is 3. The molecule has 0 spiro atoms. The second kappa shape index (κ2) is 18.4. The van der Waals surface area contributed by atoms with Gasteiger partial charge < -0.3 is 36.0 Å². The van der Waals surface area contributed by atoms with E-state index < -0.39 is 77.7 Å². The van der Waals surface area contributed by atoms with Crippen LogP contribution in [0.2, 0.25) is 0 Å². The van der Waals surface area contributed by atoms with Gasteiger partial charge in [0.05, 0.1) is 0 Å². The first-order valence-corrected chi connectivity index (χ1v) is 20.4. The zero-order valence-electron chi connectivity index (χ0n) is 33.3. The van der Waals surface area contributed by atoms with Gasteiger partial charge in [-0.2, -0.15) is 0 Å². The molecule has 0 aromatic heterocycles. The molecule has 14 heteroatoms. The SMILES string of the molecule is CCC(C)C1NC(=O)C2CCCN2C(=O)C(CC(C)C)NC(=O)C2CCCN2C(=O)C(C(C)C)NC(=O)C2CCCN2C(=O)C(Cc2ccccc2)NC1=O. The standard InChI is InChI=1S/C41H61N7O7/c1-7-26(6)34-38(52)43-29(23-27-14-9-8-10-15-27)40(54)47-20-11-17-31(47)36(50)44-33(25(4)5)41(55)48-21-13-16-30(48)35(49)42-28(22-24(2)3)39(53)46-19-12-18-32(46)37(51)45-34/h8-10,14-15,24-26,28-34H,7,11-13,16-23H2,1-6H3,(H,42,49)(H,43,52)(H,44,50)(H,45,51). The van der Waals surface area contributed by atoms with Crippen LogP contribution in [-0.4, -0.2) is 118 Å². The Bertz CT molecular complexity index is 1590. The lowest BCUT2D eigenvalue weighted by molar-refractivity contribution is -0.146. The second-order valence-electron chi connectivity index (χ2n) is 16.6. The highest BCUT2D eigenvalue weighted by Gasteiger charge is 2.45. The summed E-state index contributed by atoms with van der Waals surface area (Å²) < 4.78 is 0. The highest BCUT2D eigenvalue weighted by molar-refractivity contribution is 5.99. The molecule has 0 radical (unpaired) electrons. The van der Waals surface area contributed by atoms with Gasteiger partial charge in [-0.25, -0.2) is 0 Å². The Labute approximate surface area is 325 Å². The molecule has 1 aromatic rings. The van der Waals surface area contributed by atoms with Crippen molar-refractivity contribution < 1.29 is 33.6 Å². The average molecular weight is 764 g/mol. The van der Waals surface area contributed by atoms with Gasteiger partial charge in [-0.3, -0.25) is 33.6 Å². The van der Waals surface area contributed by atoms with Crippen LogP contribution in [0.5, 0.6) is 0 Å². The van der Waals surface area contributed by atoms with Gasteiger partial charge in [0.25, 0.3) is 0 Å². The number of nitrogens with one attached hydrogen (secondary N) is 4. The molecular weight excluding hydrogens is 702 g/mol. The van der Waals surface area contributed by atoms with E-state index in [0.29, 0.717) is 71.0 Å². The highest BCUT2D eigenvalue weighted by Crippen LogP contribution is 2.26. The lowest BCUT2D eigenvalue weighted by Gasteiger charge is -2.34. The summed E-state index contributed by atoms with van der Waals surface area (Å²) in [6.45, 7) is 12.2. The van der Waals surface area contributed by atoms with Crippen LogP contribution in [0.15, 0.2) is 30.3 Å². The van der Waals surface area contributed by atoms with Crippen molar-refractivity contribution >= 4 is 41.4 Å². The Hall–Kier alpha value is -4.49. The number of carbonyl (C=O) groups excluding carboxylic acids is 7. The summed E-state index contributed by atoms with van der Waals surface area (Å²) in [6, 6.07) is 2.78. The fraction of sp³-hybridized carbons (Fsp3) is 0.683. The van der Waals surface area contributed by atoms with E-state index in [4.69, 9.17) is 0 Å². The van der Waals surface area contributed by atoms with Gasteiger partial charge in [-0.1, -0.05) is 78.3 Å². The molecule has 4 fully saturated rings. The molecule has 0 bridgehead atoms. The maximum Gasteiger partial charge on any atom is 0.246 e. The van der Waals surface area contributed by atoms with Crippen molar-refractivity contribution in [2.75, 3.05) is 19.6 Å². The molecule has 14 nitrogen and oxygen atoms in total. The number of rotatable bonds is 7. The minimum Gasteiger partial charge on any atom is -0.342 e. The van der Waals surface area contributed by atoms with Crippen molar-refractivity contribution in [3.05, 3.63) is 35.9 Å². The van der Waals surface area contributed by atoms with E-state index in [2.05, 4.69) is 21.3 Å². The Morgan fingerprint density at radius 3 is 1.53 bits per heavy atom. The van der Waals surface area contributed by atoms with Crippen molar-refractivity contribution in [2.45, 2.75) is 142 Å². The summed E-state index contributed by atoms with van der Waals surface area (Å²) in [7, 11) is 0. The molecule has 4 aliphatic heterocycles. The summed E-state index contributed by atoms with van der Waals surface area (Å²) in [6.07, 6.45) is 3.92. The Morgan fingerprint density at radius 2 is 1.04 bits per heavy atom. The van der Waals surface area contributed by atoms with E-state index in [1.807, 2.05) is 71.9 Å². The molecule has 4 aliphatic rings. The Kier molecular flexibility index (Phi) is 14.0. The molecule has 0 saturated carbocycles. The molecular formula is C41H61N7O7. The average Bonchev–Trinajstić information content (AvgIpc) is 3.95. The van der Waals surface area contributed by atoms with Crippen molar-refractivity contribution in [3.8, 4) is 0 Å². The number of hydrogen-bond acceptors (Lipinski definition) is 7. The van der Waals surface area contributed by atoms with Gasteiger partial charge in [0.15, 0.2) is 0 Å². The zero-order chi connectivity index (χ0) is 40.0. The minimum atomic E-state index is -1.05. The third-order valence-corrected chi connectivity index (χ3v) is 11.8. The van der Waals surface area contributed by atoms with Crippen molar-refractivity contribution in [2.24, 2.45) is 17.8 Å². The predicted octanol–water partition coefficient (Wildman–Crippen LogP) is 1.90. The lowest BCUT2D eigenvalue weighted by Crippen LogP contribution is -2.60. The monoisotopic (exact) mass is 763 g/mol. The van der Waals surface area contributed by atoms with E-state index >= 15 is 0 Å². The molecule has 55 heavy (non-hydrogen) atoms. The first-order chi connectivity index (χ1) is 26.2. The third-order valence-electron chi connectivity index (χ3n) is 11.8. The van der Waals surface area contributed by atoms with Gasteiger partial charge in [0, 0.05) is 26.1 Å². The van der Waals surface area contributed by atoms with Crippen LogP contribution in [-0.2, 0) is 40.0 Å². The van der Waals surface area contributed by atoms with Crippen LogP contribution in [0.4, 0.5) is 0 Å². The number of benzene rings is 1. The number of amides is 7. The van der Waals surface area contributed by atoms with Crippen LogP contribution in [0.1, 0.15) is 98.5 Å². The minimum absolute atomic E-state index is 0.0284. The Balaban J connectivity index is 1.55. The molecule has 4 heterocycles. The molecule has 302 valence electrons. The smallest absolute Gasteiger partial charge is 0.246 e. The summed E-state index contributed by atoms with van der Waals surface area (Å²) in [5, 5.41) is 11.8. The molecule has 8 unspecified atom stereocenters. The van der Waals surface area contributed by atoms with E-state index in [0.717, 1.165) is 5.56 Å². The summed E-state index contributed by atoms with van der Waals surface area (Å²) >= 11 is 0. The zero-order valence-corrected chi connectivity index (χ0v) is 33.3. The van der Waals surface area contributed by atoms with E-state index in [1.54, 1.807) is 0 Å². The molecule has 4 saturated heterocycles. The van der Waals surface area contributed by atoms with Crippen LogP contribution in [0, 0.1) is 17.8 Å². The fourth-order valence-electron chi connectivity index (χ4n) is 8.47. The lowest BCUT2D eigenvalue weighted by atomic mass is 9.96. The van der Waals surface area contributed by atoms with Crippen molar-refractivity contribution in [1.29, 1.82) is 0 Å². The number of hydrogen-bond donors (Lipinski definition) is 4. The summed E-state index contributed by atoms with van der Waals surface area (Å²) in [5.41, 5.74) is 0.806. The normalized spacial score (nSPS) is 29.6. The van der Waals surface area contributed by atoms with Gasteiger partial charge in [0.2, 0.25) is 41.4 Å². The molecule has 0 aliphatic carbocycles. The predicted molar refractivity (Wildman–Crippen MR) is 206 cm³/mol. The van der Waals surface area contributed by atoms with Gasteiger partial charge >= 0.3 is 0 Å². The van der Waals surface area contributed by atoms with Crippen molar-refractivity contribution in [3.63, 3.8) is 0 Å². The first kappa shape index (κ1) is 41.7. The van der Waals surface area contributed by atoms with Crippen LogP contribution in [0.25, 0.3) is 0 Å². The van der Waals surface area contributed by atoms with E-state index in [-0.39, 0.29) is 30.1 Å². The second-order valence-corrected chi connectivity index (χ2v) is 16.6. The van der Waals surface area contributed by atoms with Crippen LogP contribution >= 0.6 is 0 Å². The third kappa shape index (κ3) is 9.67. The van der Waals surface area contributed by atoms with Gasteiger partial charge in [-0.05, 0) is 68.3 Å². The fourth-order valence-corrected chi connectivity index (χ4v) is 8.47. The van der Waals surface area contributed by atoms with E-state index in [9.17, 15) is 33.6 Å². The quantitative estimate of drug-likeness (QED) is 0.328. The van der Waals surface area contributed by atoms with Gasteiger partial charge in [-0.15, -0.1) is 0 Å². The maximum absolute atomic E-state index is 14.5. The first-order valence-electron chi connectivity index (χ1n) is 20.4. The number of nitrogens with zero attached hydrogens (tertiary/aromatic N) is 3. The molecule has 7 amide bonds.